The number of methoxy groups -OCH3 is 1. The third-order valence-corrected chi connectivity index (χ3v) is 8.96. The van der Waals surface area contributed by atoms with Crippen molar-refractivity contribution in [2.24, 2.45) is 11.3 Å². The lowest BCUT2D eigenvalue weighted by molar-refractivity contribution is -0.131. The number of aliphatic hydroxyl groups is 2. The number of aliphatic hydroxyl groups excluding tert-OH is 2. The van der Waals surface area contributed by atoms with Crippen LogP contribution in [0.4, 0.5) is 9.59 Å². The molecule has 0 spiro atoms. The number of nitrogens with zero attached hydrogens (tertiary/aromatic N) is 2. The van der Waals surface area contributed by atoms with Crippen molar-refractivity contribution in [1.29, 1.82) is 0 Å². The van der Waals surface area contributed by atoms with Crippen LogP contribution < -0.4 is 16.1 Å². The molecule has 1 aliphatic heterocycles. The standard InChI is InChI=1S/C38H51N5O8/c1-25-29(18-20-50-25)33(24-44)51-37(48)40-31(21-26-11-7-6-8-12-26)32(45)23-43(42-35(46)34(38(2,3)4)41-36(47)49-5)22-27-14-16-28(17-15-27)30-13-9-10-19-39-30/h6-17,19,25,29,31-34,44-45H,18,20-24H2,1-5H3,(H,40,48)(H,41,47)(H,42,46). The summed E-state index contributed by atoms with van der Waals surface area (Å²) >= 11 is 0. The molecule has 1 fully saturated rings. The third-order valence-electron chi connectivity index (χ3n) is 8.96. The molecule has 0 bridgehead atoms. The van der Waals surface area contributed by atoms with E-state index in [0.717, 1.165) is 22.4 Å². The average molecular weight is 706 g/mol. The molecule has 4 rings (SSSR count). The number of pyridine rings is 1. The summed E-state index contributed by atoms with van der Waals surface area (Å²) in [7, 11) is 1.22. The van der Waals surface area contributed by atoms with Gasteiger partial charge in [-0.25, -0.2) is 14.6 Å². The molecule has 3 aromatic rings. The van der Waals surface area contributed by atoms with E-state index < -0.39 is 47.8 Å². The third kappa shape index (κ3) is 11.7. The maximum Gasteiger partial charge on any atom is 0.407 e. The maximum atomic E-state index is 13.8. The molecular formula is C38H51N5O8. The van der Waals surface area contributed by atoms with E-state index >= 15 is 0 Å². The zero-order valence-electron chi connectivity index (χ0n) is 30.0. The van der Waals surface area contributed by atoms with E-state index in [2.05, 4.69) is 21.0 Å². The average Bonchev–Trinajstić information content (AvgIpc) is 3.54. The first kappa shape index (κ1) is 39.2. The summed E-state index contributed by atoms with van der Waals surface area (Å²) in [5.41, 5.74) is 5.60. The molecule has 1 aliphatic rings. The SMILES string of the molecule is COC(=O)NC(C(=O)NN(Cc1ccc(-c2ccccn2)cc1)CC(O)C(Cc1ccccc1)NC(=O)OC(CO)C1CCOC1C)C(C)(C)C. The highest BCUT2D eigenvalue weighted by Gasteiger charge is 2.36. The number of amides is 3. The van der Waals surface area contributed by atoms with Crippen LogP contribution in [0.15, 0.2) is 79.0 Å². The fourth-order valence-corrected chi connectivity index (χ4v) is 6.08. The van der Waals surface area contributed by atoms with Crippen LogP contribution in [-0.2, 0) is 32.0 Å². The number of carbonyl (C=O) groups excluding carboxylic acids is 3. The summed E-state index contributed by atoms with van der Waals surface area (Å²) in [6.07, 6.45) is -1.10. The highest BCUT2D eigenvalue weighted by atomic mass is 16.6. The minimum atomic E-state index is -1.21. The topological polar surface area (TPSA) is 172 Å². The van der Waals surface area contributed by atoms with Gasteiger partial charge in [-0.2, -0.15) is 0 Å². The number of aromatic nitrogens is 1. The first-order valence-corrected chi connectivity index (χ1v) is 17.2. The quantitative estimate of drug-likeness (QED) is 0.146. The van der Waals surface area contributed by atoms with Crippen molar-refractivity contribution in [3.05, 3.63) is 90.1 Å². The molecule has 5 N–H and O–H groups in total. The summed E-state index contributed by atoms with van der Waals surface area (Å²) in [4.78, 5) is 43.7. The second kappa shape index (κ2) is 18.6. The molecule has 13 heteroatoms. The van der Waals surface area contributed by atoms with Gasteiger partial charge in [0.05, 0.1) is 37.7 Å². The molecule has 0 saturated carbocycles. The van der Waals surface area contributed by atoms with E-state index in [9.17, 15) is 24.6 Å². The fourth-order valence-electron chi connectivity index (χ4n) is 6.08. The van der Waals surface area contributed by atoms with Crippen LogP contribution in [0, 0.1) is 11.3 Å². The second-order valence-electron chi connectivity index (χ2n) is 13.9. The summed E-state index contributed by atoms with van der Waals surface area (Å²) in [6.45, 7) is 7.52. The van der Waals surface area contributed by atoms with E-state index in [1.54, 1.807) is 11.2 Å². The Labute approximate surface area is 299 Å². The molecule has 0 aliphatic carbocycles. The van der Waals surface area contributed by atoms with Gasteiger partial charge in [-0.05, 0) is 48.4 Å². The Balaban J connectivity index is 1.58. The Morgan fingerprint density at radius 3 is 2.27 bits per heavy atom. The van der Waals surface area contributed by atoms with Crippen LogP contribution in [0.2, 0.25) is 0 Å². The van der Waals surface area contributed by atoms with Gasteiger partial charge in [0.2, 0.25) is 0 Å². The Bertz CT molecular complexity index is 1540. The zero-order valence-corrected chi connectivity index (χ0v) is 30.0. The number of hydrogen-bond donors (Lipinski definition) is 5. The minimum absolute atomic E-state index is 0.114. The van der Waals surface area contributed by atoms with E-state index in [-0.39, 0.29) is 38.1 Å². The number of alkyl carbamates (subject to hydrolysis) is 2. The fraction of sp³-hybridized carbons (Fsp3) is 0.474. The smallest absolute Gasteiger partial charge is 0.407 e. The lowest BCUT2D eigenvalue weighted by Crippen LogP contribution is -2.59. The highest BCUT2D eigenvalue weighted by molar-refractivity contribution is 5.86. The first-order valence-electron chi connectivity index (χ1n) is 17.2. The molecule has 276 valence electrons. The molecule has 2 heterocycles. The number of rotatable bonds is 15. The number of nitrogens with one attached hydrogen (secondary N) is 3. The van der Waals surface area contributed by atoms with Crippen molar-refractivity contribution in [3.8, 4) is 11.3 Å². The maximum absolute atomic E-state index is 13.8. The molecule has 3 amide bonds. The van der Waals surface area contributed by atoms with Crippen molar-refractivity contribution >= 4 is 18.1 Å². The molecular weight excluding hydrogens is 654 g/mol. The van der Waals surface area contributed by atoms with Gasteiger partial charge < -0.3 is 35.1 Å². The van der Waals surface area contributed by atoms with Crippen LogP contribution in [0.3, 0.4) is 0 Å². The summed E-state index contributed by atoms with van der Waals surface area (Å²) in [5.74, 6) is -0.682. The first-order chi connectivity index (χ1) is 24.4. The van der Waals surface area contributed by atoms with Crippen LogP contribution in [0.1, 0.15) is 45.2 Å². The molecule has 6 atom stereocenters. The van der Waals surface area contributed by atoms with Gasteiger partial charge in [-0.3, -0.25) is 15.2 Å². The van der Waals surface area contributed by atoms with Crippen molar-refractivity contribution in [3.63, 3.8) is 0 Å². The van der Waals surface area contributed by atoms with Gasteiger partial charge in [0, 0.05) is 37.4 Å². The van der Waals surface area contributed by atoms with Crippen LogP contribution in [0.5, 0.6) is 0 Å². The lowest BCUT2D eigenvalue weighted by atomic mass is 9.86. The van der Waals surface area contributed by atoms with Gasteiger partial charge in [-0.1, -0.05) is 81.4 Å². The summed E-state index contributed by atoms with van der Waals surface area (Å²) in [5, 5.41) is 28.8. The number of benzene rings is 2. The van der Waals surface area contributed by atoms with E-state index in [0.29, 0.717) is 13.0 Å². The van der Waals surface area contributed by atoms with E-state index in [4.69, 9.17) is 14.2 Å². The number of ether oxygens (including phenoxy) is 3. The molecule has 1 saturated heterocycles. The molecule has 13 nitrogen and oxygen atoms in total. The molecule has 0 radical (unpaired) electrons. The Morgan fingerprint density at radius 2 is 1.69 bits per heavy atom. The van der Waals surface area contributed by atoms with Gasteiger partial charge in [0.25, 0.3) is 5.91 Å². The number of hydrogen-bond acceptors (Lipinski definition) is 10. The lowest BCUT2D eigenvalue weighted by Gasteiger charge is -2.34. The van der Waals surface area contributed by atoms with Crippen molar-refractivity contribution in [1.82, 2.24) is 26.1 Å². The normalized spacial score (nSPS) is 18.3. The van der Waals surface area contributed by atoms with E-state index in [1.165, 1.54) is 7.11 Å². The molecule has 1 aromatic heterocycles. The van der Waals surface area contributed by atoms with Gasteiger partial charge in [-0.15, -0.1) is 0 Å². The van der Waals surface area contributed by atoms with Crippen LogP contribution >= 0.6 is 0 Å². The zero-order chi connectivity index (χ0) is 37.0. The highest BCUT2D eigenvalue weighted by Crippen LogP contribution is 2.26. The molecule has 6 unspecified atom stereocenters. The second-order valence-corrected chi connectivity index (χ2v) is 13.9. The summed E-state index contributed by atoms with van der Waals surface area (Å²) in [6, 6.07) is 20.9. The van der Waals surface area contributed by atoms with Gasteiger partial charge in [0.1, 0.15) is 12.1 Å². The van der Waals surface area contributed by atoms with Gasteiger partial charge >= 0.3 is 12.2 Å². The van der Waals surface area contributed by atoms with Crippen molar-refractivity contribution in [2.45, 2.75) is 77.5 Å². The Kier molecular flexibility index (Phi) is 14.3. The number of hydrazine groups is 1. The van der Waals surface area contributed by atoms with Crippen molar-refractivity contribution in [2.75, 3.05) is 26.9 Å². The largest absolute Gasteiger partial charge is 0.453 e. The molecule has 51 heavy (non-hydrogen) atoms. The molecule has 2 aromatic carbocycles. The van der Waals surface area contributed by atoms with Gasteiger partial charge in [0.15, 0.2) is 0 Å². The minimum Gasteiger partial charge on any atom is -0.453 e. The Hall–Kier alpha value is -4.56. The summed E-state index contributed by atoms with van der Waals surface area (Å²) < 4.78 is 16.1. The van der Waals surface area contributed by atoms with Crippen LogP contribution in [0.25, 0.3) is 11.3 Å². The van der Waals surface area contributed by atoms with E-state index in [1.807, 2.05) is 100 Å². The Morgan fingerprint density at radius 1 is 0.980 bits per heavy atom. The predicted molar refractivity (Wildman–Crippen MR) is 191 cm³/mol. The number of carbonyl (C=O) groups is 3. The van der Waals surface area contributed by atoms with Crippen molar-refractivity contribution < 1.29 is 38.8 Å². The van der Waals surface area contributed by atoms with Crippen LogP contribution in [-0.4, -0.2) is 95.6 Å². The predicted octanol–water partition coefficient (Wildman–Crippen LogP) is 3.84. The monoisotopic (exact) mass is 705 g/mol.